The average molecular weight is 382 g/mol. The second kappa shape index (κ2) is 7.48. The summed E-state index contributed by atoms with van der Waals surface area (Å²) in [5.74, 6) is 0.646. The van der Waals surface area contributed by atoms with Gasteiger partial charge < -0.3 is 14.7 Å². The first-order valence-electron chi connectivity index (χ1n) is 9.09. The van der Waals surface area contributed by atoms with Gasteiger partial charge in [-0.25, -0.2) is 18.4 Å². The Bertz CT molecular complexity index is 775. The number of hydrogen-bond donors (Lipinski definition) is 0. The van der Waals surface area contributed by atoms with Crippen molar-refractivity contribution in [1.82, 2.24) is 19.8 Å². The van der Waals surface area contributed by atoms with Crippen molar-refractivity contribution in [2.45, 2.75) is 26.3 Å². The van der Waals surface area contributed by atoms with Crippen molar-refractivity contribution >= 4 is 21.7 Å². The molecule has 0 radical (unpaired) electrons. The number of anilines is 1. The van der Waals surface area contributed by atoms with E-state index in [0.717, 1.165) is 19.6 Å². The fourth-order valence-electron chi connectivity index (χ4n) is 3.49. The van der Waals surface area contributed by atoms with Crippen LogP contribution in [0.5, 0.6) is 0 Å². The number of nitrogens with zero attached hydrogens (tertiary/aromatic N) is 5. The molecule has 3 rings (SSSR count). The average Bonchev–Trinajstić information content (AvgIpc) is 2.99. The first-order chi connectivity index (χ1) is 12.3. The van der Waals surface area contributed by atoms with E-state index in [0.29, 0.717) is 36.8 Å². The second-order valence-corrected chi connectivity index (χ2v) is 9.32. The molecule has 8 nitrogen and oxygen atoms in total. The van der Waals surface area contributed by atoms with E-state index >= 15 is 0 Å². The smallest absolute Gasteiger partial charge is 0.272 e. The molecule has 0 aromatic carbocycles. The summed E-state index contributed by atoms with van der Waals surface area (Å²) in [6.07, 6.45) is 0.568. The molecule has 0 N–H and O–H groups in total. The maximum atomic E-state index is 12.8. The Morgan fingerprint density at radius 3 is 2.54 bits per heavy atom. The number of sulfone groups is 1. The number of piperazine rings is 1. The Hall–Kier alpha value is -1.74. The third kappa shape index (κ3) is 4.15. The van der Waals surface area contributed by atoms with Crippen molar-refractivity contribution in [1.29, 1.82) is 0 Å². The van der Waals surface area contributed by atoms with Crippen LogP contribution < -0.4 is 4.90 Å². The summed E-state index contributed by atoms with van der Waals surface area (Å²) < 4.78 is 23.5. The van der Waals surface area contributed by atoms with E-state index in [-0.39, 0.29) is 23.5 Å². The van der Waals surface area contributed by atoms with Gasteiger partial charge in [-0.3, -0.25) is 4.79 Å². The minimum Gasteiger partial charge on any atom is -0.340 e. The first kappa shape index (κ1) is 19.0. The van der Waals surface area contributed by atoms with Gasteiger partial charge in [-0.05, 0) is 26.0 Å². The highest BCUT2D eigenvalue weighted by Gasteiger charge is 2.32. The fourth-order valence-corrected chi connectivity index (χ4v) is 5.27. The van der Waals surface area contributed by atoms with E-state index in [1.54, 1.807) is 18.0 Å². The SMILES string of the molecule is CCN1CCN(C(=O)c2cc(C)nc(N(C)C3CCS(=O)(=O)C3)n2)CC1. The lowest BCUT2D eigenvalue weighted by molar-refractivity contribution is 0.0637. The van der Waals surface area contributed by atoms with Crippen LogP contribution in [-0.2, 0) is 9.84 Å². The quantitative estimate of drug-likeness (QED) is 0.736. The number of likely N-dealkylation sites (N-methyl/N-ethyl adjacent to an activating group) is 1. The Kier molecular flexibility index (Phi) is 5.47. The molecule has 9 heteroatoms. The van der Waals surface area contributed by atoms with Crippen LogP contribution in [-0.4, -0.2) is 91.4 Å². The summed E-state index contributed by atoms with van der Waals surface area (Å²) in [7, 11) is -1.19. The monoisotopic (exact) mass is 381 g/mol. The molecule has 0 bridgehead atoms. The number of aryl methyl sites for hydroxylation is 1. The van der Waals surface area contributed by atoms with E-state index < -0.39 is 9.84 Å². The molecule has 2 fully saturated rings. The molecule has 3 heterocycles. The van der Waals surface area contributed by atoms with Crippen LogP contribution in [0.1, 0.15) is 29.5 Å². The summed E-state index contributed by atoms with van der Waals surface area (Å²) in [6.45, 7) is 8.09. The van der Waals surface area contributed by atoms with Gasteiger partial charge in [-0.15, -0.1) is 0 Å². The van der Waals surface area contributed by atoms with Crippen molar-refractivity contribution in [2.24, 2.45) is 0 Å². The van der Waals surface area contributed by atoms with Gasteiger partial charge in [-0.2, -0.15) is 0 Å². The summed E-state index contributed by atoms with van der Waals surface area (Å²) in [4.78, 5) is 27.7. The normalized spacial score (nSPS) is 23.2. The highest BCUT2D eigenvalue weighted by atomic mass is 32.2. The van der Waals surface area contributed by atoms with E-state index in [1.165, 1.54) is 0 Å². The Morgan fingerprint density at radius 1 is 1.27 bits per heavy atom. The fraction of sp³-hybridized carbons (Fsp3) is 0.706. The molecule has 0 spiro atoms. The number of rotatable bonds is 4. The zero-order valence-electron chi connectivity index (χ0n) is 15.7. The van der Waals surface area contributed by atoms with Crippen LogP contribution in [0.25, 0.3) is 0 Å². The first-order valence-corrected chi connectivity index (χ1v) is 10.9. The maximum Gasteiger partial charge on any atom is 0.272 e. The number of carbonyl (C=O) groups is 1. The lowest BCUT2D eigenvalue weighted by Crippen LogP contribution is -2.48. The molecular weight excluding hydrogens is 354 g/mol. The van der Waals surface area contributed by atoms with Gasteiger partial charge in [0.15, 0.2) is 9.84 Å². The lowest BCUT2D eigenvalue weighted by atomic mass is 10.2. The second-order valence-electron chi connectivity index (χ2n) is 7.09. The van der Waals surface area contributed by atoms with E-state index in [2.05, 4.69) is 21.8 Å². The summed E-state index contributed by atoms with van der Waals surface area (Å²) in [6, 6.07) is 1.56. The van der Waals surface area contributed by atoms with E-state index in [1.807, 2.05) is 11.8 Å². The molecule has 1 unspecified atom stereocenters. The standard InChI is InChI=1S/C17H27N5O3S/c1-4-21-6-8-22(9-7-21)16(23)15-11-13(2)18-17(19-15)20(3)14-5-10-26(24,25)12-14/h11,14H,4-10,12H2,1-3H3. The number of carbonyl (C=O) groups excluding carboxylic acids is 1. The summed E-state index contributed by atoms with van der Waals surface area (Å²) in [5.41, 5.74) is 1.09. The Morgan fingerprint density at radius 2 is 1.96 bits per heavy atom. The highest BCUT2D eigenvalue weighted by Crippen LogP contribution is 2.21. The van der Waals surface area contributed by atoms with Gasteiger partial charge in [0.05, 0.1) is 11.5 Å². The minimum absolute atomic E-state index is 0.0834. The van der Waals surface area contributed by atoms with Gasteiger partial charge >= 0.3 is 0 Å². The Balaban J connectivity index is 1.76. The predicted molar refractivity (Wildman–Crippen MR) is 100 cm³/mol. The minimum atomic E-state index is -2.99. The van der Waals surface area contributed by atoms with E-state index in [4.69, 9.17) is 0 Å². The molecule has 0 saturated carbocycles. The lowest BCUT2D eigenvalue weighted by Gasteiger charge is -2.34. The third-order valence-corrected chi connectivity index (χ3v) is 6.99. The molecule has 1 aromatic rings. The molecule has 1 atom stereocenters. The van der Waals surface area contributed by atoms with Crippen molar-refractivity contribution in [3.05, 3.63) is 17.5 Å². The van der Waals surface area contributed by atoms with Gasteiger partial charge in [0, 0.05) is 45.0 Å². The van der Waals surface area contributed by atoms with E-state index in [9.17, 15) is 13.2 Å². The van der Waals surface area contributed by atoms with Crippen molar-refractivity contribution < 1.29 is 13.2 Å². The van der Waals surface area contributed by atoms with Crippen LogP contribution in [0.3, 0.4) is 0 Å². The molecule has 0 aliphatic carbocycles. The van der Waals surface area contributed by atoms with Crippen LogP contribution in [0.15, 0.2) is 6.07 Å². The van der Waals surface area contributed by atoms with Crippen LogP contribution in [0.2, 0.25) is 0 Å². The molecule has 2 saturated heterocycles. The van der Waals surface area contributed by atoms with Crippen molar-refractivity contribution in [3.8, 4) is 0 Å². The molecule has 2 aliphatic heterocycles. The topological polar surface area (TPSA) is 86.7 Å². The molecule has 1 aromatic heterocycles. The zero-order valence-corrected chi connectivity index (χ0v) is 16.5. The zero-order chi connectivity index (χ0) is 18.9. The number of hydrogen-bond acceptors (Lipinski definition) is 7. The van der Waals surface area contributed by atoms with Crippen LogP contribution in [0.4, 0.5) is 5.95 Å². The van der Waals surface area contributed by atoms with Crippen LogP contribution in [0, 0.1) is 6.92 Å². The molecule has 144 valence electrons. The molecular formula is C17H27N5O3S. The van der Waals surface area contributed by atoms with Gasteiger partial charge in [0.2, 0.25) is 5.95 Å². The summed E-state index contributed by atoms with van der Waals surface area (Å²) in [5, 5.41) is 0. The highest BCUT2D eigenvalue weighted by molar-refractivity contribution is 7.91. The molecule has 1 amide bonds. The number of amides is 1. The number of aromatic nitrogens is 2. The predicted octanol–water partition coefficient (Wildman–Crippen LogP) is 0.186. The largest absolute Gasteiger partial charge is 0.340 e. The maximum absolute atomic E-state index is 12.8. The van der Waals surface area contributed by atoms with Crippen molar-refractivity contribution in [3.63, 3.8) is 0 Å². The van der Waals surface area contributed by atoms with Gasteiger partial charge in [-0.1, -0.05) is 6.92 Å². The van der Waals surface area contributed by atoms with Gasteiger partial charge in [0.1, 0.15) is 5.69 Å². The van der Waals surface area contributed by atoms with Crippen LogP contribution >= 0.6 is 0 Å². The molecule has 2 aliphatic rings. The van der Waals surface area contributed by atoms with Crippen molar-refractivity contribution in [2.75, 3.05) is 56.2 Å². The Labute approximate surface area is 155 Å². The summed E-state index contributed by atoms with van der Waals surface area (Å²) >= 11 is 0. The third-order valence-electron chi connectivity index (χ3n) is 5.24. The molecule has 26 heavy (non-hydrogen) atoms. The van der Waals surface area contributed by atoms with Gasteiger partial charge in [0.25, 0.3) is 5.91 Å².